The van der Waals surface area contributed by atoms with Crippen LogP contribution < -0.4 is 5.73 Å². The van der Waals surface area contributed by atoms with Gasteiger partial charge in [-0.15, -0.1) is 0 Å². The zero-order valence-corrected chi connectivity index (χ0v) is 7.85. The lowest BCUT2D eigenvalue weighted by atomic mass is 9.97. The summed E-state index contributed by atoms with van der Waals surface area (Å²) in [5.74, 6) is -0.416. The lowest BCUT2D eigenvalue weighted by Crippen LogP contribution is -2.42. The van der Waals surface area contributed by atoms with Crippen molar-refractivity contribution in [1.82, 2.24) is 0 Å². The lowest BCUT2D eigenvalue weighted by Gasteiger charge is -2.19. The van der Waals surface area contributed by atoms with Crippen molar-refractivity contribution in [1.29, 1.82) is 0 Å². The molecule has 12 heavy (non-hydrogen) atoms. The van der Waals surface area contributed by atoms with Gasteiger partial charge in [-0.05, 0) is 29.3 Å². The average Bonchev–Trinajstić information content (AvgIpc) is 2.55. The largest absolute Gasteiger partial charge is 0.467 e. The second-order valence-corrected chi connectivity index (χ2v) is 3.49. The number of hydrogen-bond donors (Lipinski definition) is 1. The van der Waals surface area contributed by atoms with Crippen LogP contribution in [0.1, 0.15) is 12.5 Å². The van der Waals surface area contributed by atoms with E-state index in [2.05, 4.69) is 4.74 Å². The normalized spacial score (nSPS) is 15.2. The first-order valence-corrected chi connectivity index (χ1v) is 4.43. The third kappa shape index (κ3) is 1.49. The topological polar surface area (TPSA) is 52.3 Å². The SMILES string of the molecule is COC(=O)C(C)(N)c1ccsc1. The molecule has 0 aromatic carbocycles. The van der Waals surface area contributed by atoms with Crippen molar-refractivity contribution < 1.29 is 9.53 Å². The molecule has 3 nitrogen and oxygen atoms in total. The molecule has 0 spiro atoms. The summed E-state index contributed by atoms with van der Waals surface area (Å²) < 4.78 is 4.58. The van der Waals surface area contributed by atoms with E-state index in [0.29, 0.717) is 0 Å². The third-order valence-electron chi connectivity index (χ3n) is 1.73. The van der Waals surface area contributed by atoms with Crippen LogP contribution in [0.25, 0.3) is 0 Å². The van der Waals surface area contributed by atoms with Gasteiger partial charge in [-0.2, -0.15) is 11.3 Å². The summed E-state index contributed by atoms with van der Waals surface area (Å²) >= 11 is 1.51. The first-order chi connectivity index (χ1) is 5.59. The van der Waals surface area contributed by atoms with E-state index in [1.165, 1.54) is 18.4 Å². The number of thiophene rings is 1. The molecule has 1 atom stereocenters. The first-order valence-electron chi connectivity index (χ1n) is 3.49. The molecule has 0 fully saturated rings. The van der Waals surface area contributed by atoms with Gasteiger partial charge in [0.1, 0.15) is 5.54 Å². The molecule has 2 N–H and O–H groups in total. The third-order valence-corrected chi connectivity index (χ3v) is 2.41. The van der Waals surface area contributed by atoms with Crippen molar-refractivity contribution in [3.63, 3.8) is 0 Å². The van der Waals surface area contributed by atoms with Gasteiger partial charge in [-0.3, -0.25) is 0 Å². The monoisotopic (exact) mass is 185 g/mol. The van der Waals surface area contributed by atoms with Crippen LogP contribution in [0.5, 0.6) is 0 Å². The Bertz CT molecular complexity index is 267. The van der Waals surface area contributed by atoms with Crippen molar-refractivity contribution in [3.05, 3.63) is 22.4 Å². The summed E-state index contributed by atoms with van der Waals surface area (Å²) in [4.78, 5) is 11.2. The molecule has 1 aromatic rings. The lowest BCUT2D eigenvalue weighted by molar-refractivity contribution is -0.146. The number of carbonyl (C=O) groups is 1. The van der Waals surface area contributed by atoms with E-state index < -0.39 is 11.5 Å². The highest BCUT2D eigenvalue weighted by Gasteiger charge is 2.31. The molecular formula is C8H11NO2S. The Kier molecular flexibility index (Phi) is 2.49. The predicted octanol–water partition coefficient (Wildman–Crippen LogP) is 1.09. The molecule has 1 rings (SSSR count). The van der Waals surface area contributed by atoms with E-state index in [1.807, 2.05) is 16.8 Å². The predicted molar refractivity (Wildman–Crippen MR) is 47.9 cm³/mol. The number of esters is 1. The molecule has 0 amide bonds. The Morgan fingerprint density at radius 1 is 1.75 bits per heavy atom. The summed E-state index contributed by atoms with van der Waals surface area (Å²) in [5.41, 5.74) is 5.54. The summed E-state index contributed by atoms with van der Waals surface area (Å²) in [5, 5.41) is 3.72. The Morgan fingerprint density at radius 3 is 2.83 bits per heavy atom. The maximum atomic E-state index is 11.2. The maximum absolute atomic E-state index is 11.2. The molecule has 0 aliphatic heterocycles. The number of carbonyl (C=O) groups excluding carboxylic acids is 1. The van der Waals surface area contributed by atoms with Gasteiger partial charge >= 0.3 is 5.97 Å². The molecule has 1 heterocycles. The van der Waals surface area contributed by atoms with Gasteiger partial charge in [0.2, 0.25) is 0 Å². The number of hydrogen-bond acceptors (Lipinski definition) is 4. The van der Waals surface area contributed by atoms with Gasteiger partial charge in [-0.25, -0.2) is 4.79 Å². The minimum atomic E-state index is -1.02. The molecule has 0 aliphatic carbocycles. The van der Waals surface area contributed by atoms with Gasteiger partial charge in [0.25, 0.3) is 0 Å². The Hall–Kier alpha value is -0.870. The fourth-order valence-electron chi connectivity index (χ4n) is 0.890. The number of methoxy groups -OCH3 is 1. The quantitative estimate of drug-likeness (QED) is 0.702. The highest BCUT2D eigenvalue weighted by molar-refractivity contribution is 7.08. The average molecular weight is 185 g/mol. The van der Waals surface area contributed by atoms with Crippen LogP contribution in [0.4, 0.5) is 0 Å². The fourth-order valence-corrected chi connectivity index (χ4v) is 1.66. The van der Waals surface area contributed by atoms with Crippen LogP contribution >= 0.6 is 11.3 Å². The van der Waals surface area contributed by atoms with Crippen LogP contribution in [0.3, 0.4) is 0 Å². The van der Waals surface area contributed by atoms with Gasteiger partial charge in [0.15, 0.2) is 0 Å². The van der Waals surface area contributed by atoms with E-state index in [0.717, 1.165) is 5.56 Å². The first kappa shape index (κ1) is 9.22. The second kappa shape index (κ2) is 3.25. The van der Waals surface area contributed by atoms with Crippen LogP contribution in [-0.2, 0) is 15.1 Å². The molecule has 4 heteroatoms. The molecule has 0 saturated carbocycles. The maximum Gasteiger partial charge on any atom is 0.330 e. The van der Waals surface area contributed by atoms with Crippen LogP contribution in [0, 0.1) is 0 Å². The Labute approximate surface area is 75.1 Å². The van der Waals surface area contributed by atoms with E-state index in [9.17, 15) is 4.79 Å². The zero-order chi connectivity index (χ0) is 9.19. The van der Waals surface area contributed by atoms with Crippen LogP contribution in [0.2, 0.25) is 0 Å². The van der Waals surface area contributed by atoms with Crippen molar-refractivity contribution in [2.24, 2.45) is 5.73 Å². The van der Waals surface area contributed by atoms with Crippen molar-refractivity contribution >= 4 is 17.3 Å². The summed E-state index contributed by atoms with van der Waals surface area (Å²) in [7, 11) is 1.33. The van der Waals surface area contributed by atoms with Gasteiger partial charge < -0.3 is 10.5 Å². The molecule has 0 aliphatic rings. The van der Waals surface area contributed by atoms with Crippen molar-refractivity contribution in [3.8, 4) is 0 Å². The van der Waals surface area contributed by atoms with E-state index in [4.69, 9.17) is 5.73 Å². The number of nitrogens with two attached hydrogens (primary N) is 1. The highest BCUT2D eigenvalue weighted by atomic mass is 32.1. The van der Waals surface area contributed by atoms with Gasteiger partial charge in [-0.1, -0.05) is 0 Å². The van der Waals surface area contributed by atoms with Crippen LogP contribution in [-0.4, -0.2) is 13.1 Å². The summed E-state index contributed by atoms with van der Waals surface area (Å²) in [6.07, 6.45) is 0. The van der Waals surface area contributed by atoms with Crippen molar-refractivity contribution in [2.75, 3.05) is 7.11 Å². The molecule has 0 saturated heterocycles. The van der Waals surface area contributed by atoms with E-state index in [-0.39, 0.29) is 0 Å². The molecular weight excluding hydrogens is 174 g/mol. The minimum absolute atomic E-state index is 0.416. The van der Waals surface area contributed by atoms with Gasteiger partial charge in [0.05, 0.1) is 7.11 Å². The minimum Gasteiger partial charge on any atom is -0.467 e. The number of ether oxygens (including phenoxy) is 1. The Morgan fingerprint density at radius 2 is 2.42 bits per heavy atom. The standard InChI is InChI=1S/C8H11NO2S/c1-8(9,7(10)11-2)6-3-4-12-5-6/h3-5H,9H2,1-2H3. The van der Waals surface area contributed by atoms with E-state index >= 15 is 0 Å². The fraction of sp³-hybridized carbons (Fsp3) is 0.375. The summed E-state index contributed by atoms with van der Waals surface area (Å²) in [6.45, 7) is 1.64. The summed E-state index contributed by atoms with van der Waals surface area (Å²) in [6, 6.07) is 1.82. The highest BCUT2D eigenvalue weighted by Crippen LogP contribution is 2.21. The molecule has 1 unspecified atom stereocenters. The van der Waals surface area contributed by atoms with Crippen LogP contribution in [0.15, 0.2) is 16.8 Å². The van der Waals surface area contributed by atoms with Crippen molar-refractivity contribution in [2.45, 2.75) is 12.5 Å². The second-order valence-electron chi connectivity index (χ2n) is 2.71. The number of rotatable bonds is 2. The van der Waals surface area contributed by atoms with Gasteiger partial charge in [0, 0.05) is 0 Å². The molecule has 1 aromatic heterocycles. The Balaban J connectivity index is 2.93. The zero-order valence-electron chi connectivity index (χ0n) is 7.03. The molecule has 0 radical (unpaired) electrons. The molecule has 0 bridgehead atoms. The van der Waals surface area contributed by atoms with E-state index in [1.54, 1.807) is 6.92 Å². The smallest absolute Gasteiger partial charge is 0.330 e. The molecule has 66 valence electrons.